The summed E-state index contributed by atoms with van der Waals surface area (Å²) in [6, 6.07) is 2.61. The Morgan fingerprint density at radius 3 is 2.57 bits per heavy atom. The number of carbonyl (C=O) groups is 1. The highest BCUT2D eigenvalue weighted by Gasteiger charge is 2.43. The molecule has 28 heavy (non-hydrogen) atoms. The minimum absolute atomic E-state index is 0.126. The van der Waals surface area contributed by atoms with Gasteiger partial charge in [0, 0.05) is 30.8 Å². The van der Waals surface area contributed by atoms with Gasteiger partial charge < -0.3 is 14.5 Å². The van der Waals surface area contributed by atoms with Crippen LogP contribution in [0.2, 0.25) is 0 Å². The normalized spacial score (nSPS) is 25.3. The van der Waals surface area contributed by atoms with Gasteiger partial charge in [-0.2, -0.15) is 0 Å². The van der Waals surface area contributed by atoms with Crippen LogP contribution in [-0.4, -0.2) is 64.4 Å². The van der Waals surface area contributed by atoms with Crippen molar-refractivity contribution >= 4 is 22.9 Å². The molecule has 2 aromatic rings. The molecule has 1 amide bonds. The number of nitrogens with zero attached hydrogens (tertiary/aromatic N) is 5. The van der Waals surface area contributed by atoms with Crippen molar-refractivity contribution in [3.8, 4) is 10.6 Å². The van der Waals surface area contributed by atoms with Crippen LogP contribution in [0.25, 0.3) is 10.6 Å². The smallest absolute Gasteiger partial charge is 0.226 e. The van der Waals surface area contributed by atoms with E-state index >= 15 is 0 Å². The summed E-state index contributed by atoms with van der Waals surface area (Å²) in [6.45, 7) is 5.12. The molecule has 0 spiro atoms. The molecule has 0 aromatic carbocycles. The zero-order valence-corrected chi connectivity index (χ0v) is 16.9. The molecule has 8 heteroatoms. The van der Waals surface area contributed by atoms with Crippen LogP contribution in [-0.2, 0) is 9.53 Å². The van der Waals surface area contributed by atoms with Crippen molar-refractivity contribution in [3.63, 3.8) is 0 Å². The van der Waals surface area contributed by atoms with Gasteiger partial charge in [-0.3, -0.25) is 9.78 Å². The van der Waals surface area contributed by atoms with Crippen LogP contribution in [0.3, 0.4) is 0 Å². The lowest BCUT2D eigenvalue weighted by molar-refractivity contribution is -0.146. The Hall–Kier alpha value is -2.06. The molecule has 5 rings (SSSR count). The summed E-state index contributed by atoms with van der Waals surface area (Å²) < 4.78 is 5.64. The number of piperidine rings is 1. The maximum atomic E-state index is 13.2. The fourth-order valence-electron chi connectivity index (χ4n) is 4.79. The monoisotopic (exact) mass is 399 g/mol. The van der Waals surface area contributed by atoms with E-state index in [2.05, 4.69) is 25.0 Å². The molecule has 3 aliphatic rings. The molecule has 0 saturated carbocycles. The summed E-state index contributed by atoms with van der Waals surface area (Å²) in [5, 5.41) is 10.4. The van der Waals surface area contributed by atoms with E-state index in [1.807, 2.05) is 19.2 Å². The van der Waals surface area contributed by atoms with Gasteiger partial charge in [-0.15, -0.1) is 10.2 Å². The lowest BCUT2D eigenvalue weighted by Crippen LogP contribution is -2.52. The van der Waals surface area contributed by atoms with Crippen LogP contribution < -0.4 is 4.90 Å². The molecule has 2 unspecified atom stereocenters. The number of aromatic nitrogens is 3. The van der Waals surface area contributed by atoms with Crippen LogP contribution in [0.1, 0.15) is 30.7 Å². The number of morpholine rings is 1. The summed E-state index contributed by atoms with van der Waals surface area (Å²) in [6.07, 6.45) is 7.68. The predicted octanol–water partition coefficient (Wildman–Crippen LogP) is 2.51. The van der Waals surface area contributed by atoms with E-state index in [1.54, 1.807) is 17.5 Å². The summed E-state index contributed by atoms with van der Waals surface area (Å²) in [7, 11) is 0. The van der Waals surface area contributed by atoms with Crippen LogP contribution in [0.15, 0.2) is 18.5 Å². The van der Waals surface area contributed by atoms with Gasteiger partial charge >= 0.3 is 0 Å². The number of hydrogen-bond acceptors (Lipinski definition) is 7. The van der Waals surface area contributed by atoms with Gasteiger partial charge in [-0.05, 0) is 38.7 Å². The van der Waals surface area contributed by atoms with Gasteiger partial charge in [0.1, 0.15) is 10.0 Å². The van der Waals surface area contributed by atoms with Crippen LogP contribution in [0, 0.1) is 12.8 Å². The minimum atomic E-state index is 0.126. The summed E-state index contributed by atoms with van der Waals surface area (Å²) >= 11 is 1.60. The molecular formula is C20H25N5O2S. The third-order valence-corrected chi connectivity index (χ3v) is 7.11. The first-order valence-corrected chi connectivity index (χ1v) is 10.9. The lowest BCUT2D eigenvalue weighted by atomic mass is 9.94. The van der Waals surface area contributed by atoms with E-state index in [-0.39, 0.29) is 5.92 Å². The fourth-order valence-corrected chi connectivity index (χ4v) is 5.52. The molecular weight excluding hydrogens is 374 g/mol. The Balaban J connectivity index is 1.29. The van der Waals surface area contributed by atoms with Gasteiger partial charge in [0.05, 0.1) is 37.2 Å². The molecule has 7 nitrogen and oxygen atoms in total. The zero-order valence-electron chi connectivity index (χ0n) is 16.1. The summed E-state index contributed by atoms with van der Waals surface area (Å²) in [5.74, 6) is 0.475. The number of amides is 1. The first-order valence-electron chi connectivity index (χ1n) is 10.1. The molecule has 2 aromatic heterocycles. The number of aryl methyl sites for hydroxylation is 1. The molecule has 2 atom stereocenters. The standard InChI is InChI=1S/C20H25N5O2S/c1-13-22-23-19(28-13)17-4-7-21-10-18(17)24-8-5-14(6-9-24)20(26)25-15-2-3-16(25)12-27-11-15/h4,7,10,14-16H,2-3,5-6,8-9,11-12H2,1H3. The number of hydrogen-bond donors (Lipinski definition) is 0. The lowest BCUT2D eigenvalue weighted by Gasteiger charge is -2.40. The number of ether oxygens (including phenoxy) is 1. The van der Waals surface area contributed by atoms with E-state index in [0.717, 1.165) is 60.0 Å². The quantitative estimate of drug-likeness (QED) is 0.790. The van der Waals surface area contributed by atoms with Crippen molar-refractivity contribution in [2.24, 2.45) is 5.92 Å². The highest BCUT2D eigenvalue weighted by molar-refractivity contribution is 7.14. The Labute approximate surface area is 168 Å². The van der Waals surface area contributed by atoms with Crippen molar-refractivity contribution < 1.29 is 9.53 Å². The van der Waals surface area contributed by atoms with E-state index in [4.69, 9.17) is 4.74 Å². The van der Waals surface area contributed by atoms with Crippen molar-refractivity contribution in [1.82, 2.24) is 20.1 Å². The zero-order chi connectivity index (χ0) is 19.1. The van der Waals surface area contributed by atoms with Crippen molar-refractivity contribution in [2.75, 3.05) is 31.2 Å². The molecule has 0 radical (unpaired) electrons. The maximum Gasteiger partial charge on any atom is 0.226 e. The summed E-state index contributed by atoms with van der Waals surface area (Å²) in [5.41, 5.74) is 2.17. The number of carbonyl (C=O) groups excluding carboxylic acids is 1. The minimum Gasteiger partial charge on any atom is -0.377 e. The Morgan fingerprint density at radius 1 is 1.14 bits per heavy atom. The van der Waals surface area contributed by atoms with Gasteiger partial charge in [0.25, 0.3) is 0 Å². The van der Waals surface area contributed by atoms with Gasteiger partial charge in [-0.1, -0.05) is 11.3 Å². The number of rotatable bonds is 3. The van der Waals surface area contributed by atoms with Gasteiger partial charge in [0.15, 0.2) is 0 Å². The average Bonchev–Trinajstić information content (AvgIpc) is 3.27. The Bertz CT molecular complexity index is 848. The topological polar surface area (TPSA) is 71.5 Å². The van der Waals surface area contributed by atoms with Gasteiger partial charge in [-0.25, -0.2) is 0 Å². The first-order chi connectivity index (χ1) is 13.7. The van der Waals surface area contributed by atoms with E-state index in [0.29, 0.717) is 31.2 Å². The second-order valence-corrected chi connectivity index (χ2v) is 9.13. The molecule has 3 saturated heterocycles. The van der Waals surface area contributed by atoms with Crippen LogP contribution >= 0.6 is 11.3 Å². The predicted molar refractivity (Wildman–Crippen MR) is 107 cm³/mol. The van der Waals surface area contributed by atoms with E-state index in [1.165, 1.54) is 0 Å². The van der Waals surface area contributed by atoms with Crippen LogP contribution in [0.5, 0.6) is 0 Å². The number of pyridine rings is 1. The number of anilines is 1. The van der Waals surface area contributed by atoms with E-state index < -0.39 is 0 Å². The molecule has 3 aliphatic heterocycles. The third kappa shape index (κ3) is 3.18. The largest absolute Gasteiger partial charge is 0.377 e. The van der Waals surface area contributed by atoms with Gasteiger partial charge in [0.2, 0.25) is 5.91 Å². The highest BCUT2D eigenvalue weighted by atomic mass is 32.1. The fraction of sp³-hybridized carbons (Fsp3) is 0.600. The SMILES string of the molecule is Cc1nnc(-c2ccncc2N2CCC(C(=O)N3C4CCC3COC4)CC2)s1. The summed E-state index contributed by atoms with van der Waals surface area (Å²) in [4.78, 5) is 22.0. The second-order valence-electron chi connectivity index (χ2n) is 7.95. The molecule has 3 fully saturated rings. The molecule has 0 aliphatic carbocycles. The highest BCUT2D eigenvalue weighted by Crippen LogP contribution is 2.36. The Morgan fingerprint density at radius 2 is 1.89 bits per heavy atom. The number of fused-ring (bicyclic) bond motifs is 2. The molecule has 0 N–H and O–H groups in total. The first kappa shape index (κ1) is 18.0. The third-order valence-electron chi connectivity index (χ3n) is 6.24. The molecule has 2 bridgehead atoms. The second kappa shape index (κ2) is 7.40. The molecule has 5 heterocycles. The molecule has 148 valence electrons. The Kier molecular flexibility index (Phi) is 4.76. The maximum absolute atomic E-state index is 13.2. The average molecular weight is 400 g/mol. The van der Waals surface area contributed by atoms with Crippen molar-refractivity contribution in [1.29, 1.82) is 0 Å². The van der Waals surface area contributed by atoms with Crippen LogP contribution in [0.4, 0.5) is 5.69 Å². The van der Waals surface area contributed by atoms with Crippen molar-refractivity contribution in [2.45, 2.75) is 44.7 Å². The van der Waals surface area contributed by atoms with Crippen molar-refractivity contribution in [3.05, 3.63) is 23.5 Å². The van der Waals surface area contributed by atoms with E-state index in [9.17, 15) is 4.79 Å².